The molecule has 2 nitrogen and oxygen atoms in total. The van der Waals surface area contributed by atoms with Crippen molar-refractivity contribution in [2.24, 2.45) is 0 Å². The topological polar surface area (TPSA) is 7.12 Å². The van der Waals surface area contributed by atoms with Gasteiger partial charge in [-0.1, -0.05) is 145 Å². The highest BCUT2D eigenvalue weighted by Gasteiger charge is 2.11. The van der Waals surface area contributed by atoms with E-state index in [9.17, 15) is 0 Å². The van der Waals surface area contributed by atoms with Crippen molar-refractivity contribution in [2.45, 2.75) is 103 Å². The monoisotopic (exact) mass is 573 g/mol. The van der Waals surface area contributed by atoms with E-state index in [-0.39, 0.29) is 0 Å². The van der Waals surface area contributed by atoms with E-state index in [0.717, 1.165) is 23.6 Å². The lowest BCUT2D eigenvalue weighted by Crippen LogP contribution is -2.32. The lowest BCUT2D eigenvalue weighted by molar-refractivity contribution is -0.697. The molecule has 0 aliphatic rings. The van der Waals surface area contributed by atoms with Crippen molar-refractivity contribution in [1.29, 1.82) is 0 Å². The number of benzene rings is 3. The van der Waals surface area contributed by atoms with Crippen LogP contribution in [0.25, 0.3) is 12.2 Å². The van der Waals surface area contributed by atoms with Crippen LogP contribution in [-0.2, 0) is 6.54 Å². The number of hydrogen-bond acceptors (Lipinski definition) is 1. The molecule has 0 fully saturated rings. The number of anilines is 3. The summed E-state index contributed by atoms with van der Waals surface area (Å²) in [5.41, 5.74) is 5.89. The zero-order valence-electron chi connectivity index (χ0n) is 26.5. The van der Waals surface area contributed by atoms with E-state index in [1.807, 2.05) is 0 Å². The largest absolute Gasteiger partial charge is 0.311 e. The highest BCUT2D eigenvalue weighted by molar-refractivity contribution is 5.77. The summed E-state index contributed by atoms with van der Waals surface area (Å²) in [6.07, 6.45) is 28.6. The predicted octanol–water partition coefficient (Wildman–Crippen LogP) is 12.1. The summed E-state index contributed by atoms with van der Waals surface area (Å²) in [7, 11) is 0. The number of para-hydroxylation sites is 2. The van der Waals surface area contributed by atoms with Crippen LogP contribution in [0.5, 0.6) is 0 Å². The Labute approximate surface area is 262 Å². The molecule has 0 N–H and O–H groups in total. The van der Waals surface area contributed by atoms with E-state index >= 15 is 0 Å². The van der Waals surface area contributed by atoms with E-state index in [2.05, 4.69) is 138 Å². The fourth-order valence-corrected chi connectivity index (χ4v) is 5.75. The maximum atomic E-state index is 2.33. The molecule has 1 aromatic heterocycles. The van der Waals surface area contributed by atoms with Gasteiger partial charge in [0.1, 0.15) is 6.54 Å². The normalized spacial score (nSPS) is 11.3. The fraction of sp³-hybridized carbons (Fsp3) is 0.390. The van der Waals surface area contributed by atoms with E-state index < -0.39 is 0 Å². The Balaban J connectivity index is 1.14. The fourth-order valence-electron chi connectivity index (χ4n) is 5.75. The lowest BCUT2D eigenvalue weighted by atomic mass is 10.0. The molecule has 0 aliphatic carbocycles. The summed E-state index contributed by atoms with van der Waals surface area (Å²) < 4.78 is 2.33. The Hall–Kier alpha value is -3.65. The van der Waals surface area contributed by atoms with Crippen LogP contribution < -0.4 is 9.47 Å². The number of hydrogen-bond donors (Lipinski definition) is 0. The number of pyridine rings is 1. The van der Waals surface area contributed by atoms with Crippen LogP contribution in [0.4, 0.5) is 17.1 Å². The number of aromatic nitrogens is 1. The van der Waals surface area contributed by atoms with Crippen molar-refractivity contribution < 1.29 is 4.57 Å². The van der Waals surface area contributed by atoms with Gasteiger partial charge < -0.3 is 4.90 Å². The Morgan fingerprint density at radius 2 is 0.837 bits per heavy atom. The third kappa shape index (κ3) is 11.9. The molecular weight excluding hydrogens is 520 g/mol. The van der Waals surface area contributed by atoms with Crippen molar-refractivity contribution in [3.8, 4) is 0 Å². The zero-order chi connectivity index (χ0) is 29.8. The standard InChI is InChI=1S/C41H53N2/c1-2-3-4-5-6-7-8-9-10-11-12-13-14-21-34-42-35-32-38(33-36-42)27-26-37-28-30-41(31-29-37)43(39-22-17-15-18-23-39)40-24-19-16-20-25-40/h15-20,22-33,35-36H,2-14,21,34H2,1H3/q+1. The quantitative estimate of drug-likeness (QED) is 0.0753. The zero-order valence-corrected chi connectivity index (χ0v) is 26.5. The summed E-state index contributed by atoms with van der Waals surface area (Å²) in [5, 5.41) is 0. The second-order valence-corrected chi connectivity index (χ2v) is 11.9. The molecule has 4 rings (SSSR count). The van der Waals surface area contributed by atoms with Gasteiger partial charge in [-0.2, -0.15) is 0 Å². The van der Waals surface area contributed by atoms with Gasteiger partial charge in [0, 0.05) is 35.6 Å². The Morgan fingerprint density at radius 3 is 1.30 bits per heavy atom. The summed E-state index contributed by atoms with van der Waals surface area (Å²) in [6, 6.07) is 34.3. The molecular formula is C41H53N2+. The van der Waals surface area contributed by atoms with E-state index in [1.54, 1.807) is 0 Å². The van der Waals surface area contributed by atoms with E-state index in [1.165, 1.54) is 101 Å². The molecule has 4 aromatic rings. The number of rotatable bonds is 20. The van der Waals surface area contributed by atoms with E-state index in [0.29, 0.717) is 0 Å². The molecule has 0 aliphatic heterocycles. The summed E-state index contributed by atoms with van der Waals surface area (Å²) in [6.45, 7) is 3.41. The first-order chi connectivity index (χ1) is 21.3. The molecule has 0 atom stereocenters. The second-order valence-electron chi connectivity index (χ2n) is 11.9. The molecule has 226 valence electrons. The number of unbranched alkanes of at least 4 members (excludes halogenated alkanes) is 13. The minimum atomic E-state index is 1.11. The summed E-state index contributed by atoms with van der Waals surface area (Å²) in [5.74, 6) is 0. The van der Waals surface area contributed by atoms with Crippen molar-refractivity contribution in [2.75, 3.05) is 4.90 Å². The molecule has 3 aromatic carbocycles. The van der Waals surface area contributed by atoms with Gasteiger partial charge in [-0.3, -0.25) is 0 Å². The predicted molar refractivity (Wildman–Crippen MR) is 187 cm³/mol. The molecule has 0 saturated carbocycles. The van der Waals surface area contributed by atoms with Crippen LogP contribution in [0.15, 0.2) is 109 Å². The maximum Gasteiger partial charge on any atom is 0.169 e. The Bertz CT molecular complexity index is 1240. The van der Waals surface area contributed by atoms with Crippen molar-refractivity contribution >= 4 is 29.2 Å². The smallest absolute Gasteiger partial charge is 0.169 e. The SMILES string of the molecule is CCCCCCCCCCCCCCCC[n+]1ccc(/C=C/c2ccc(N(c3ccccc3)c3ccccc3)cc2)cc1. The molecule has 2 heteroatoms. The van der Waals surface area contributed by atoms with Gasteiger partial charge in [0.2, 0.25) is 0 Å². The van der Waals surface area contributed by atoms with Gasteiger partial charge in [-0.25, -0.2) is 4.57 Å². The molecule has 0 bridgehead atoms. The van der Waals surface area contributed by atoms with E-state index in [4.69, 9.17) is 0 Å². The molecule has 0 spiro atoms. The Kier molecular flexibility index (Phi) is 14.6. The minimum Gasteiger partial charge on any atom is -0.311 e. The number of nitrogens with zero attached hydrogens (tertiary/aromatic N) is 2. The highest BCUT2D eigenvalue weighted by Crippen LogP contribution is 2.34. The first kappa shape index (κ1) is 32.3. The third-order valence-corrected chi connectivity index (χ3v) is 8.34. The summed E-state index contributed by atoms with van der Waals surface area (Å²) in [4.78, 5) is 2.29. The average Bonchev–Trinajstić information content (AvgIpc) is 3.06. The third-order valence-electron chi connectivity index (χ3n) is 8.34. The van der Waals surface area contributed by atoms with Crippen LogP contribution in [0, 0.1) is 0 Å². The minimum absolute atomic E-state index is 1.11. The molecule has 43 heavy (non-hydrogen) atoms. The lowest BCUT2D eigenvalue weighted by Gasteiger charge is -2.25. The van der Waals surface area contributed by atoms with Crippen molar-refractivity contribution in [3.05, 3.63) is 121 Å². The van der Waals surface area contributed by atoms with Crippen LogP contribution in [0.3, 0.4) is 0 Å². The summed E-state index contributed by atoms with van der Waals surface area (Å²) >= 11 is 0. The van der Waals surface area contributed by atoms with Crippen LogP contribution >= 0.6 is 0 Å². The Morgan fingerprint density at radius 1 is 0.442 bits per heavy atom. The molecule has 0 unspecified atom stereocenters. The molecule has 0 radical (unpaired) electrons. The number of aryl methyl sites for hydroxylation is 1. The second kappa shape index (κ2) is 19.5. The van der Waals surface area contributed by atoms with Crippen LogP contribution in [-0.4, -0.2) is 0 Å². The molecule has 0 saturated heterocycles. The molecule has 0 amide bonds. The van der Waals surface area contributed by atoms with Gasteiger partial charge in [0.25, 0.3) is 0 Å². The van der Waals surface area contributed by atoms with Crippen LogP contribution in [0.2, 0.25) is 0 Å². The van der Waals surface area contributed by atoms with Gasteiger partial charge in [-0.15, -0.1) is 0 Å². The highest BCUT2D eigenvalue weighted by atomic mass is 15.1. The first-order valence-electron chi connectivity index (χ1n) is 17.0. The molecule has 1 heterocycles. The van der Waals surface area contributed by atoms with Crippen molar-refractivity contribution in [3.63, 3.8) is 0 Å². The van der Waals surface area contributed by atoms with Crippen molar-refractivity contribution in [1.82, 2.24) is 0 Å². The van der Waals surface area contributed by atoms with Crippen LogP contribution in [0.1, 0.15) is 108 Å². The van der Waals surface area contributed by atoms with Gasteiger partial charge >= 0.3 is 0 Å². The first-order valence-corrected chi connectivity index (χ1v) is 17.0. The van der Waals surface area contributed by atoms with Gasteiger partial charge in [0.15, 0.2) is 12.4 Å². The van der Waals surface area contributed by atoms with Gasteiger partial charge in [0.05, 0.1) is 0 Å². The maximum absolute atomic E-state index is 2.33. The van der Waals surface area contributed by atoms with Gasteiger partial charge in [-0.05, 0) is 53.9 Å². The average molecular weight is 574 g/mol.